The van der Waals surface area contributed by atoms with Gasteiger partial charge in [0, 0.05) is 17.0 Å². The number of benzene rings is 2. The maximum Gasteiger partial charge on any atom is 0.294 e. The highest BCUT2D eigenvalue weighted by Crippen LogP contribution is 2.17. The molecular weight excluding hydrogens is 536 g/mol. The molecule has 14 heteroatoms. The lowest BCUT2D eigenvalue weighted by Crippen LogP contribution is -2.17. The van der Waals surface area contributed by atoms with E-state index < -0.39 is 31.4 Å². The first kappa shape index (κ1) is 26.9. The van der Waals surface area contributed by atoms with Crippen molar-refractivity contribution in [1.29, 1.82) is 0 Å². The minimum Gasteiger partial charge on any atom is -0.295 e. The first-order chi connectivity index (χ1) is 17.7. The van der Waals surface area contributed by atoms with Gasteiger partial charge in [-0.05, 0) is 75.4 Å². The van der Waals surface area contributed by atoms with E-state index >= 15 is 0 Å². The fourth-order valence-corrected chi connectivity index (χ4v) is 4.83. The highest BCUT2D eigenvalue weighted by atomic mass is 32.2. The third-order valence-electron chi connectivity index (χ3n) is 5.78. The van der Waals surface area contributed by atoms with Crippen LogP contribution in [0.1, 0.15) is 29.4 Å². The summed E-state index contributed by atoms with van der Waals surface area (Å²) in [7, 11) is -8.74. The molecule has 12 nitrogen and oxygen atoms in total. The largest absolute Gasteiger partial charge is 0.295 e. The summed E-state index contributed by atoms with van der Waals surface area (Å²) in [5.41, 5.74) is 4.78. The molecule has 4 rings (SSSR count). The predicted molar refractivity (Wildman–Crippen MR) is 139 cm³/mol. The van der Waals surface area contributed by atoms with E-state index in [0.29, 0.717) is 33.9 Å². The quantitative estimate of drug-likeness (QED) is 0.205. The number of allylic oxidation sites excluding steroid dienone is 1. The zero-order valence-corrected chi connectivity index (χ0v) is 21.9. The van der Waals surface area contributed by atoms with Gasteiger partial charge in [-0.1, -0.05) is 0 Å². The van der Waals surface area contributed by atoms with Gasteiger partial charge >= 0.3 is 0 Å². The molecule has 0 fully saturated rings. The Balaban J connectivity index is 1.71. The molecular formula is C24H22N4O8S2. The summed E-state index contributed by atoms with van der Waals surface area (Å²) in [6, 6.07) is 10.1. The molecule has 0 amide bonds. The first-order valence-electron chi connectivity index (χ1n) is 10.9. The summed E-state index contributed by atoms with van der Waals surface area (Å²) < 4.78 is 65.8. The Morgan fingerprint density at radius 2 is 1.18 bits per heavy atom. The second kappa shape index (κ2) is 9.59. The fraction of sp³-hybridized carbons (Fsp3) is 0.125. The zero-order valence-electron chi connectivity index (χ0n) is 20.3. The van der Waals surface area contributed by atoms with E-state index in [1.807, 2.05) is 0 Å². The van der Waals surface area contributed by atoms with Crippen LogP contribution in [-0.2, 0) is 20.2 Å². The lowest BCUT2D eigenvalue weighted by molar-refractivity contribution is 0.481. The molecule has 0 radical (unpaired) electrons. The molecule has 0 aliphatic heterocycles. The Bertz CT molecular complexity index is 1950. The van der Waals surface area contributed by atoms with E-state index in [0.717, 1.165) is 0 Å². The average molecular weight is 559 g/mol. The topological polar surface area (TPSA) is 184 Å². The summed E-state index contributed by atoms with van der Waals surface area (Å²) >= 11 is 0. The van der Waals surface area contributed by atoms with Crippen molar-refractivity contribution in [3.05, 3.63) is 97.5 Å². The van der Waals surface area contributed by atoms with Gasteiger partial charge in [-0.3, -0.25) is 28.9 Å². The monoisotopic (exact) mass is 558 g/mol. The van der Waals surface area contributed by atoms with Crippen LogP contribution in [0, 0.1) is 13.8 Å². The molecule has 0 saturated carbocycles. The van der Waals surface area contributed by atoms with E-state index in [4.69, 9.17) is 9.11 Å². The maximum absolute atomic E-state index is 13.1. The van der Waals surface area contributed by atoms with Crippen molar-refractivity contribution < 1.29 is 25.9 Å². The fourth-order valence-electron chi connectivity index (χ4n) is 3.87. The van der Waals surface area contributed by atoms with Crippen LogP contribution in [0.5, 0.6) is 0 Å². The van der Waals surface area contributed by atoms with E-state index in [9.17, 15) is 26.4 Å². The highest BCUT2D eigenvalue weighted by Gasteiger charge is 2.16. The van der Waals surface area contributed by atoms with E-state index in [-0.39, 0.29) is 15.4 Å². The van der Waals surface area contributed by atoms with Crippen LogP contribution in [0.15, 0.2) is 73.6 Å². The Morgan fingerprint density at radius 3 is 1.63 bits per heavy atom. The molecule has 0 saturated heterocycles. The molecule has 0 atom stereocenters. The minimum absolute atomic E-state index is 0.262. The minimum atomic E-state index is -4.37. The van der Waals surface area contributed by atoms with E-state index in [1.165, 1.54) is 64.0 Å². The molecule has 4 N–H and O–H groups in total. The van der Waals surface area contributed by atoms with Gasteiger partial charge in [0.2, 0.25) is 0 Å². The number of rotatable bonds is 6. The van der Waals surface area contributed by atoms with Gasteiger partial charge in [0.25, 0.3) is 31.4 Å². The normalized spacial score (nSPS) is 11.8. The van der Waals surface area contributed by atoms with Crippen LogP contribution in [0.4, 0.5) is 0 Å². The number of H-pyrrole nitrogens is 2. The van der Waals surface area contributed by atoms with Crippen LogP contribution in [0.2, 0.25) is 0 Å². The third kappa shape index (κ3) is 5.11. The second-order valence-corrected chi connectivity index (χ2v) is 11.2. The molecule has 0 spiro atoms. The lowest BCUT2D eigenvalue weighted by Gasteiger charge is -2.02. The molecule has 0 bridgehead atoms. The molecule has 2 aromatic carbocycles. The number of hydrogen-bond donors (Lipinski definition) is 4. The molecule has 0 aliphatic carbocycles. The van der Waals surface area contributed by atoms with Gasteiger partial charge in [-0.2, -0.15) is 16.8 Å². The number of nitrogens with one attached hydrogen (secondary N) is 2. The standard InChI is InChI=1S/C24H22N4O8S2/c1-14(22-16(3)26-28(24(22)30)18-7-11-20(12-8-18)38(34,35)36)4-13-21-15(2)25-27(23(21)29)17-5-9-19(10-6-17)37(31,32)33/h5-13,25-26H,1-3H3,(H,31,32,33)(H,34,35,36). The number of nitrogens with zero attached hydrogens (tertiary/aromatic N) is 2. The molecule has 0 aliphatic rings. The van der Waals surface area contributed by atoms with Crippen molar-refractivity contribution in [1.82, 2.24) is 19.6 Å². The van der Waals surface area contributed by atoms with Crippen molar-refractivity contribution in [2.75, 3.05) is 0 Å². The molecule has 2 aromatic heterocycles. The SMILES string of the molecule is CC(=C=Cc1c(C)[nH]n(-c2ccc(S(=O)(=O)O)cc2)c1=O)c1c(C)[nH]n(-c2ccc(S(=O)(=O)O)cc2)c1=O. The van der Waals surface area contributed by atoms with Crippen LogP contribution >= 0.6 is 0 Å². The summed E-state index contributed by atoms with van der Waals surface area (Å²) in [6.45, 7) is 4.99. The van der Waals surface area contributed by atoms with Crippen molar-refractivity contribution in [2.45, 2.75) is 30.6 Å². The number of aryl methyl sites for hydroxylation is 2. The summed E-state index contributed by atoms with van der Waals surface area (Å²) in [5.74, 6) is 0. The molecule has 0 unspecified atom stereocenters. The number of hydrogen-bond acceptors (Lipinski definition) is 6. The Kier molecular flexibility index (Phi) is 6.78. The Labute approximate surface area is 216 Å². The van der Waals surface area contributed by atoms with Gasteiger partial charge in [-0.15, -0.1) is 5.73 Å². The van der Waals surface area contributed by atoms with Crippen LogP contribution in [0.3, 0.4) is 0 Å². The molecule has 38 heavy (non-hydrogen) atoms. The Hall–Kier alpha value is -4.20. The summed E-state index contributed by atoms with van der Waals surface area (Å²) in [4.78, 5) is 25.5. The maximum atomic E-state index is 13.1. The molecule has 2 heterocycles. The summed E-state index contributed by atoms with van der Waals surface area (Å²) in [5, 5.41) is 5.81. The third-order valence-corrected chi connectivity index (χ3v) is 7.52. The van der Waals surface area contributed by atoms with Crippen molar-refractivity contribution in [3.8, 4) is 11.4 Å². The van der Waals surface area contributed by atoms with Gasteiger partial charge < -0.3 is 0 Å². The number of aromatic amines is 2. The van der Waals surface area contributed by atoms with E-state index in [2.05, 4.69) is 15.9 Å². The lowest BCUT2D eigenvalue weighted by atomic mass is 10.1. The van der Waals surface area contributed by atoms with Gasteiger partial charge in [0.15, 0.2) is 0 Å². The zero-order chi connectivity index (χ0) is 28.0. The average Bonchev–Trinajstić information content (AvgIpc) is 3.30. The van der Waals surface area contributed by atoms with Crippen molar-refractivity contribution in [3.63, 3.8) is 0 Å². The highest BCUT2D eigenvalue weighted by molar-refractivity contribution is 7.86. The van der Waals surface area contributed by atoms with Gasteiger partial charge in [0.05, 0.1) is 32.3 Å². The summed E-state index contributed by atoms with van der Waals surface area (Å²) in [6.07, 6.45) is 1.43. The van der Waals surface area contributed by atoms with Crippen LogP contribution in [0.25, 0.3) is 23.0 Å². The van der Waals surface area contributed by atoms with Gasteiger partial charge in [-0.25, -0.2) is 9.36 Å². The second-order valence-electron chi connectivity index (χ2n) is 8.40. The van der Waals surface area contributed by atoms with Gasteiger partial charge in [0.1, 0.15) is 0 Å². The first-order valence-corrected chi connectivity index (χ1v) is 13.8. The predicted octanol–water partition coefficient (Wildman–Crippen LogP) is 2.47. The smallest absolute Gasteiger partial charge is 0.294 e. The van der Waals surface area contributed by atoms with Crippen LogP contribution < -0.4 is 11.1 Å². The number of aromatic nitrogens is 4. The Morgan fingerprint density at radius 1 is 0.763 bits per heavy atom. The molecule has 198 valence electrons. The van der Waals surface area contributed by atoms with Crippen LogP contribution in [-0.4, -0.2) is 45.5 Å². The van der Waals surface area contributed by atoms with Crippen molar-refractivity contribution in [2.24, 2.45) is 0 Å². The molecule has 4 aromatic rings. The van der Waals surface area contributed by atoms with Crippen molar-refractivity contribution >= 4 is 31.9 Å². The van der Waals surface area contributed by atoms with E-state index in [1.54, 1.807) is 20.8 Å².